The van der Waals surface area contributed by atoms with E-state index in [4.69, 9.17) is 16.1 Å². The van der Waals surface area contributed by atoms with Gasteiger partial charge in [0.1, 0.15) is 6.04 Å². The molecule has 0 heterocycles. The maximum absolute atomic E-state index is 13.5. The van der Waals surface area contributed by atoms with Crippen LogP contribution in [0.2, 0.25) is 5.02 Å². The van der Waals surface area contributed by atoms with Gasteiger partial charge in [-0.3, -0.25) is 9.36 Å². The van der Waals surface area contributed by atoms with Crippen LogP contribution in [0.15, 0.2) is 18.2 Å². The zero-order chi connectivity index (χ0) is 14.6. The molecule has 0 saturated heterocycles. The highest BCUT2D eigenvalue weighted by molar-refractivity contribution is 7.56. The van der Waals surface area contributed by atoms with Crippen LogP contribution in [0.1, 0.15) is 6.92 Å². The van der Waals surface area contributed by atoms with E-state index in [0.29, 0.717) is 0 Å². The predicted molar refractivity (Wildman–Crippen MR) is 70.2 cm³/mol. The van der Waals surface area contributed by atoms with Crippen molar-refractivity contribution < 1.29 is 23.0 Å². The van der Waals surface area contributed by atoms with E-state index in [9.17, 15) is 13.8 Å². The maximum Gasteiger partial charge on any atom is 0.323 e. The van der Waals surface area contributed by atoms with Gasteiger partial charge in [-0.25, -0.2) is 9.48 Å². The molecule has 0 fully saturated rings. The third-order valence-electron chi connectivity index (χ3n) is 2.15. The van der Waals surface area contributed by atoms with Crippen molar-refractivity contribution in [1.82, 2.24) is 5.09 Å². The summed E-state index contributed by atoms with van der Waals surface area (Å²) in [4.78, 5) is 11.2. The second-order valence-electron chi connectivity index (χ2n) is 3.89. The minimum absolute atomic E-state index is 0.201. The summed E-state index contributed by atoms with van der Waals surface area (Å²) in [6.07, 6.45) is 0. The van der Waals surface area contributed by atoms with Gasteiger partial charge in [-0.1, -0.05) is 11.6 Å². The van der Waals surface area contributed by atoms with Crippen LogP contribution in [0.25, 0.3) is 0 Å². The summed E-state index contributed by atoms with van der Waals surface area (Å²) in [7, 11) is -2.20. The molecule has 2 atom stereocenters. The number of ether oxygens (including phenoxy) is 1. The lowest BCUT2D eigenvalue weighted by atomic mass is 10.3. The number of halogens is 2. The number of carbonyl (C=O) groups excluding carboxylic acids is 1. The van der Waals surface area contributed by atoms with Gasteiger partial charge in [0.05, 0.1) is 7.11 Å². The molecule has 0 aliphatic rings. The van der Waals surface area contributed by atoms with Crippen LogP contribution >= 0.6 is 19.1 Å². The normalized spacial score (nSPS) is 15.4. The maximum atomic E-state index is 13.5. The second-order valence-corrected chi connectivity index (χ2v) is 6.45. The molecule has 1 rings (SSSR count). The summed E-state index contributed by atoms with van der Waals surface area (Å²) in [6, 6.07) is 2.87. The van der Waals surface area contributed by atoms with E-state index >= 15 is 0 Å². The van der Waals surface area contributed by atoms with Gasteiger partial charge in [0, 0.05) is 11.7 Å². The average Bonchev–Trinajstić information content (AvgIpc) is 2.31. The summed E-state index contributed by atoms with van der Waals surface area (Å²) < 4.78 is 35.1. The van der Waals surface area contributed by atoms with E-state index in [1.165, 1.54) is 32.8 Å². The van der Waals surface area contributed by atoms with Gasteiger partial charge in [0.2, 0.25) is 0 Å². The molecule has 1 aromatic carbocycles. The van der Waals surface area contributed by atoms with E-state index in [1.54, 1.807) is 0 Å². The Balaban J connectivity index is 2.79. The minimum atomic E-state index is -3.41. The fourth-order valence-corrected chi connectivity index (χ4v) is 2.89. The third kappa shape index (κ3) is 4.82. The molecule has 0 spiro atoms. The highest BCUT2D eigenvalue weighted by Gasteiger charge is 2.25. The van der Waals surface area contributed by atoms with Crippen molar-refractivity contribution in [3.05, 3.63) is 29.0 Å². The van der Waals surface area contributed by atoms with Gasteiger partial charge >= 0.3 is 13.5 Å². The minimum Gasteiger partial charge on any atom is -0.468 e. The Bertz CT molecular complexity index is 525. The second kappa shape index (κ2) is 6.37. The smallest absolute Gasteiger partial charge is 0.323 e. The topological polar surface area (TPSA) is 64.6 Å². The average molecular weight is 310 g/mol. The highest BCUT2D eigenvalue weighted by atomic mass is 35.5. The lowest BCUT2D eigenvalue weighted by Gasteiger charge is -2.19. The number of hydrogen-bond acceptors (Lipinski definition) is 4. The van der Waals surface area contributed by atoms with Crippen LogP contribution in [0.4, 0.5) is 4.39 Å². The molecular weight excluding hydrogens is 296 g/mol. The van der Waals surface area contributed by atoms with Crippen molar-refractivity contribution in [2.45, 2.75) is 13.0 Å². The Morgan fingerprint density at radius 1 is 1.53 bits per heavy atom. The van der Waals surface area contributed by atoms with E-state index < -0.39 is 25.3 Å². The van der Waals surface area contributed by atoms with Crippen LogP contribution in [0, 0.1) is 5.82 Å². The quantitative estimate of drug-likeness (QED) is 0.669. The number of methoxy groups -OCH3 is 1. The summed E-state index contributed by atoms with van der Waals surface area (Å²) in [5, 5.41) is 2.66. The summed E-state index contributed by atoms with van der Waals surface area (Å²) in [5.74, 6) is -1.54. The summed E-state index contributed by atoms with van der Waals surface area (Å²) in [6.45, 7) is 2.70. The first-order valence-corrected chi connectivity index (χ1v) is 7.78. The first-order valence-electron chi connectivity index (χ1n) is 5.33. The van der Waals surface area contributed by atoms with Gasteiger partial charge in [0.25, 0.3) is 0 Å². The van der Waals surface area contributed by atoms with Crippen molar-refractivity contribution >= 4 is 25.1 Å². The Hall–Kier alpha value is -1.10. The van der Waals surface area contributed by atoms with Gasteiger partial charge in [0.15, 0.2) is 11.6 Å². The molecule has 1 unspecified atom stereocenters. The van der Waals surface area contributed by atoms with Crippen molar-refractivity contribution in [2.24, 2.45) is 0 Å². The van der Waals surface area contributed by atoms with Crippen molar-refractivity contribution in [3.63, 3.8) is 0 Å². The van der Waals surface area contributed by atoms with Crippen LogP contribution < -0.4 is 9.61 Å². The third-order valence-corrected chi connectivity index (χ3v) is 3.79. The van der Waals surface area contributed by atoms with Crippen molar-refractivity contribution in [1.29, 1.82) is 0 Å². The van der Waals surface area contributed by atoms with E-state index in [1.807, 2.05) is 0 Å². The fourth-order valence-electron chi connectivity index (χ4n) is 1.34. The van der Waals surface area contributed by atoms with E-state index in [-0.39, 0.29) is 10.8 Å². The predicted octanol–water partition coefficient (Wildman–Crippen LogP) is 2.83. The zero-order valence-electron chi connectivity index (χ0n) is 10.6. The van der Waals surface area contributed by atoms with Crippen molar-refractivity contribution in [3.8, 4) is 5.75 Å². The standard InChI is InChI=1S/C11H14ClFNO4P/c1-7(11(15)17-2)14-19(3,16)18-10-5-4-8(12)6-9(10)13/h4-7H,1-3H3,(H,14,16)/t7-,19?/m0/s1. The van der Waals surface area contributed by atoms with Gasteiger partial charge in [-0.2, -0.15) is 0 Å². The number of esters is 1. The molecule has 0 bridgehead atoms. The van der Waals surface area contributed by atoms with E-state index in [2.05, 4.69) is 9.82 Å². The summed E-state index contributed by atoms with van der Waals surface area (Å²) >= 11 is 5.59. The zero-order valence-corrected chi connectivity index (χ0v) is 12.3. The lowest BCUT2D eigenvalue weighted by molar-refractivity contribution is -0.142. The molecular formula is C11H14ClFNO4P. The number of hydrogen-bond donors (Lipinski definition) is 1. The van der Waals surface area contributed by atoms with Crippen LogP contribution in [0.3, 0.4) is 0 Å². The molecule has 0 aliphatic carbocycles. The first-order chi connectivity index (χ1) is 8.75. The van der Waals surface area contributed by atoms with Crippen LogP contribution in [0.5, 0.6) is 5.75 Å². The molecule has 0 aromatic heterocycles. The molecule has 0 saturated carbocycles. The molecule has 1 N–H and O–H groups in total. The van der Waals surface area contributed by atoms with Crippen molar-refractivity contribution in [2.75, 3.05) is 13.8 Å². The number of carbonyl (C=O) groups is 1. The Morgan fingerprint density at radius 3 is 2.68 bits per heavy atom. The Morgan fingerprint density at radius 2 is 2.16 bits per heavy atom. The Labute approximate surface area is 115 Å². The molecule has 5 nitrogen and oxygen atoms in total. The molecule has 1 aromatic rings. The summed E-state index contributed by atoms with van der Waals surface area (Å²) in [5.41, 5.74) is 0. The Kier molecular flexibility index (Phi) is 5.35. The number of nitrogens with one attached hydrogen (secondary N) is 1. The first kappa shape index (κ1) is 16.0. The SMILES string of the molecule is COC(=O)[C@H](C)NP(C)(=O)Oc1ccc(Cl)cc1F. The van der Waals surface area contributed by atoms with Gasteiger partial charge in [-0.05, 0) is 25.1 Å². The van der Waals surface area contributed by atoms with Gasteiger partial charge < -0.3 is 9.26 Å². The monoisotopic (exact) mass is 309 g/mol. The molecule has 0 amide bonds. The molecule has 0 radical (unpaired) electrons. The molecule has 0 aliphatic heterocycles. The fraction of sp³-hybridized carbons (Fsp3) is 0.364. The van der Waals surface area contributed by atoms with Crippen LogP contribution in [-0.4, -0.2) is 25.8 Å². The molecule has 106 valence electrons. The number of rotatable bonds is 5. The molecule has 8 heteroatoms. The number of benzene rings is 1. The molecule has 19 heavy (non-hydrogen) atoms. The largest absolute Gasteiger partial charge is 0.468 e. The van der Waals surface area contributed by atoms with E-state index in [0.717, 1.165) is 6.07 Å². The highest BCUT2D eigenvalue weighted by Crippen LogP contribution is 2.40. The van der Waals surface area contributed by atoms with Gasteiger partial charge in [-0.15, -0.1) is 0 Å². The van der Waals surface area contributed by atoms with Crippen LogP contribution in [-0.2, 0) is 14.1 Å². The lowest BCUT2D eigenvalue weighted by Crippen LogP contribution is -2.33.